The minimum Gasteiger partial charge on any atom is -0.478 e. The average Bonchev–Trinajstić information content (AvgIpc) is 2.28. The molecule has 0 aromatic heterocycles. The van der Waals surface area contributed by atoms with Gasteiger partial charge in [0.05, 0.1) is 0 Å². The van der Waals surface area contributed by atoms with Crippen molar-refractivity contribution in [3.63, 3.8) is 0 Å². The summed E-state index contributed by atoms with van der Waals surface area (Å²) in [4.78, 5) is 19.4. The molecule has 4 nitrogen and oxygen atoms in total. The van der Waals surface area contributed by atoms with E-state index in [4.69, 9.17) is 5.11 Å². The van der Waals surface area contributed by atoms with Crippen LogP contribution in [0.2, 0.25) is 0 Å². The Morgan fingerprint density at radius 1 is 1.19 bits per heavy atom. The zero-order valence-corrected chi connectivity index (χ0v) is 8.67. The second-order valence-corrected chi connectivity index (χ2v) is 2.69. The summed E-state index contributed by atoms with van der Waals surface area (Å²) in [6.45, 7) is 3.63. The molecule has 0 saturated heterocycles. The Balaban J connectivity index is 0.000000281. The number of rotatable bonds is 3. The highest BCUT2D eigenvalue weighted by atomic mass is 16.4. The van der Waals surface area contributed by atoms with Crippen LogP contribution in [0.1, 0.15) is 5.56 Å². The van der Waals surface area contributed by atoms with Crippen molar-refractivity contribution in [1.82, 2.24) is 0 Å². The lowest BCUT2D eigenvalue weighted by molar-refractivity contribution is -0.131. The zero-order chi connectivity index (χ0) is 12.4. The van der Waals surface area contributed by atoms with Gasteiger partial charge in [-0.05, 0) is 5.56 Å². The third-order valence-corrected chi connectivity index (χ3v) is 1.43. The molecule has 0 aliphatic heterocycles. The number of carbonyl (C=O) groups is 2. The highest BCUT2D eigenvalue weighted by molar-refractivity contribution is 5.92. The third kappa shape index (κ3) is 8.25. The van der Waals surface area contributed by atoms with E-state index >= 15 is 0 Å². The highest BCUT2D eigenvalue weighted by Gasteiger charge is 1.86. The van der Waals surface area contributed by atoms with Crippen LogP contribution in [-0.4, -0.2) is 17.0 Å². The standard InChI is InChI=1S/C8H8.C4H5NO3/c1-2-8-6-4-3-5-7-8;5-3(6)1-2-4(7)8/h2-7H,1H2;1-2H,(H2,5,6)(H,7,8)/b;2-1-. The fourth-order valence-corrected chi connectivity index (χ4v) is 0.743. The first-order chi connectivity index (χ1) is 7.56. The van der Waals surface area contributed by atoms with Gasteiger partial charge in [0.2, 0.25) is 5.91 Å². The van der Waals surface area contributed by atoms with Crippen LogP contribution < -0.4 is 5.73 Å². The molecule has 0 fully saturated rings. The van der Waals surface area contributed by atoms with E-state index in [0.717, 1.165) is 6.08 Å². The quantitative estimate of drug-likeness (QED) is 0.755. The van der Waals surface area contributed by atoms with Crippen molar-refractivity contribution in [2.24, 2.45) is 5.73 Å². The van der Waals surface area contributed by atoms with Gasteiger partial charge in [-0.3, -0.25) is 4.79 Å². The number of nitrogens with two attached hydrogens (primary N) is 1. The van der Waals surface area contributed by atoms with Gasteiger partial charge in [-0.25, -0.2) is 4.79 Å². The minimum absolute atomic E-state index is 0.683. The molecule has 0 atom stereocenters. The first-order valence-electron chi connectivity index (χ1n) is 4.44. The maximum atomic E-state index is 9.78. The molecular weight excluding hydrogens is 206 g/mol. The average molecular weight is 219 g/mol. The molecule has 0 bridgehead atoms. The van der Waals surface area contributed by atoms with Crippen molar-refractivity contribution in [3.8, 4) is 0 Å². The summed E-state index contributed by atoms with van der Waals surface area (Å²) >= 11 is 0. The van der Waals surface area contributed by atoms with Gasteiger partial charge in [0.1, 0.15) is 0 Å². The van der Waals surface area contributed by atoms with Gasteiger partial charge in [-0.1, -0.05) is 43.0 Å². The van der Waals surface area contributed by atoms with Crippen molar-refractivity contribution < 1.29 is 14.7 Å². The molecule has 84 valence electrons. The van der Waals surface area contributed by atoms with E-state index in [-0.39, 0.29) is 0 Å². The Labute approximate surface area is 93.7 Å². The van der Waals surface area contributed by atoms with Crippen molar-refractivity contribution in [2.75, 3.05) is 0 Å². The number of carbonyl (C=O) groups excluding carboxylic acids is 1. The molecule has 0 saturated carbocycles. The van der Waals surface area contributed by atoms with Gasteiger partial charge >= 0.3 is 5.97 Å². The van der Waals surface area contributed by atoms with Gasteiger partial charge in [-0.2, -0.15) is 0 Å². The molecule has 0 spiro atoms. The second kappa shape index (κ2) is 7.99. The lowest BCUT2D eigenvalue weighted by Gasteiger charge is -1.85. The Morgan fingerprint density at radius 2 is 1.75 bits per heavy atom. The van der Waals surface area contributed by atoms with Gasteiger partial charge < -0.3 is 10.8 Å². The van der Waals surface area contributed by atoms with E-state index in [0.29, 0.717) is 6.08 Å². The van der Waals surface area contributed by atoms with Crippen molar-refractivity contribution in [1.29, 1.82) is 0 Å². The van der Waals surface area contributed by atoms with Crippen LogP contribution >= 0.6 is 0 Å². The Morgan fingerprint density at radius 3 is 2.00 bits per heavy atom. The van der Waals surface area contributed by atoms with Gasteiger partial charge in [0.15, 0.2) is 0 Å². The lowest BCUT2D eigenvalue weighted by atomic mass is 10.2. The summed E-state index contributed by atoms with van der Waals surface area (Å²) in [5, 5.41) is 7.87. The van der Waals surface area contributed by atoms with Crippen molar-refractivity contribution in [2.45, 2.75) is 0 Å². The molecule has 1 rings (SSSR count). The number of primary amides is 1. The fourth-order valence-electron chi connectivity index (χ4n) is 0.743. The number of aliphatic carboxylic acids is 1. The number of amides is 1. The van der Waals surface area contributed by atoms with Crippen LogP contribution in [-0.2, 0) is 9.59 Å². The van der Waals surface area contributed by atoms with E-state index in [1.807, 2.05) is 36.4 Å². The normalized spacial score (nSPS) is 9.00. The summed E-state index contributed by atoms with van der Waals surface area (Å²) in [5.74, 6) is -1.93. The Hall–Kier alpha value is -2.36. The van der Waals surface area contributed by atoms with E-state index in [1.165, 1.54) is 5.56 Å². The van der Waals surface area contributed by atoms with Gasteiger partial charge in [0, 0.05) is 12.2 Å². The maximum absolute atomic E-state index is 9.78. The highest BCUT2D eigenvalue weighted by Crippen LogP contribution is 1.97. The van der Waals surface area contributed by atoms with E-state index in [9.17, 15) is 9.59 Å². The van der Waals surface area contributed by atoms with Crippen molar-refractivity contribution in [3.05, 3.63) is 54.6 Å². The predicted molar refractivity (Wildman–Crippen MR) is 62.5 cm³/mol. The molecule has 4 heteroatoms. The molecule has 1 amide bonds. The monoisotopic (exact) mass is 219 g/mol. The first-order valence-corrected chi connectivity index (χ1v) is 4.44. The number of benzene rings is 1. The van der Waals surface area contributed by atoms with Crippen LogP contribution in [0.25, 0.3) is 6.08 Å². The zero-order valence-electron chi connectivity index (χ0n) is 8.67. The second-order valence-electron chi connectivity index (χ2n) is 2.69. The topological polar surface area (TPSA) is 80.4 Å². The summed E-state index contributed by atoms with van der Waals surface area (Å²) < 4.78 is 0. The van der Waals surface area contributed by atoms with E-state index in [2.05, 4.69) is 12.3 Å². The third-order valence-electron chi connectivity index (χ3n) is 1.43. The molecule has 0 radical (unpaired) electrons. The van der Waals surface area contributed by atoms with Crippen LogP contribution in [0.15, 0.2) is 49.1 Å². The first kappa shape index (κ1) is 13.6. The lowest BCUT2D eigenvalue weighted by Crippen LogP contribution is -2.06. The predicted octanol–water partition coefficient (Wildman–Crippen LogP) is 1.44. The molecule has 0 aliphatic rings. The number of carboxylic acids is 1. The summed E-state index contributed by atoms with van der Waals surface area (Å²) in [7, 11) is 0. The van der Waals surface area contributed by atoms with Gasteiger partial charge in [0.25, 0.3) is 0 Å². The largest absolute Gasteiger partial charge is 0.478 e. The Bertz CT molecular complexity index is 367. The molecule has 1 aromatic rings. The Kier molecular flexibility index (Phi) is 6.81. The van der Waals surface area contributed by atoms with Gasteiger partial charge in [-0.15, -0.1) is 0 Å². The van der Waals surface area contributed by atoms with E-state index in [1.54, 1.807) is 0 Å². The van der Waals surface area contributed by atoms with Crippen LogP contribution in [0.3, 0.4) is 0 Å². The molecular formula is C12H13NO3. The van der Waals surface area contributed by atoms with Crippen molar-refractivity contribution >= 4 is 18.0 Å². The molecule has 0 heterocycles. The number of hydrogen-bond donors (Lipinski definition) is 2. The smallest absolute Gasteiger partial charge is 0.328 e. The summed E-state index contributed by atoms with van der Waals surface area (Å²) in [6.07, 6.45) is 3.30. The minimum atomic E-state index is -1.18. The molecule has 0 unspecified atom stereocenters. The number of carboxylic acid groups (broad SMARTS) is 1. The van der Waals surface area contributed by atoms with Crippen LogP contribution in [0, 0.1) is 0 Å². The van der Waals surface area contributed by atoms with Crippen LogP contribution in [0.5, 0.6) is 0 Å². The molecule has 0 aliphatic carbocycles. The summed E-state index contributed by atoms with van der Waals surface area (Å²) in [5.41, 5.74) is 5.73. The molecule has 3 N–H and O–H groups in total. The molecule has 16 heavy (non-hydrogen) atoms. The maximum Gasteiger partial charge on any atom is 0.328 e. The molecule has 1 aromatic carbocycles. The summed E-state index contributed by atoms with van der Waals surface area (Å²) in [6, 6.07) is 10.0. The van der Waals surface area contributed by atoms with Crippen LogP contribution in [0.4, 0.5) is 0 Å². The van der Waals surface area contributed by atoms with E-state index < -0.39 is 11.9 Å². The fraction of sp³-hybridized carbons (Fsp3) is 0. The number of hydrogen-bond acceptors (Lipinski definition) is 2. The SMILES string of the molecule is C=Cc1ccccc1.NC(=O)/C=C\C(=O)O.